The van der Waals surface area contributed by atoms with Gasteiger partial charge in [-0.2, -0.15) is 0 Å². The fraction of sp³-hybridized carbons (Fsp3) is 0.400. The van der Waals surface area contributed by atoms with Crippen molar-refractivity contribution in [3.8, 4) is 5.75 Å². The second-order valence-corrected chi connectivity index (χ2v) is 9.45. The zero-order valence-electron chi connectivity index (χ0n) is 15.6. The fourth-order valence-corrected chi connectivity index (χ4v) is 3.89. The number of nitrogens with zero attached hydrogens (tertiary/aromatic N) is 1. The molecule has 6 heteroatoms. The zero-order chi connectivity index (χ0) is 18.9. The summed E-state index contributed by atoms with van der Waals surface area (Å²) in [6.45, 7) is 7.33. The third-order valence-corrected chi connectivity index (χ3v) is 6.15. The Labute approximate surface area is 155 Å². The highest BCUT2D eigenvalue weighted by Gasteiger charge is 2.28. The molecule has 0 bridgehead atoms. The molecule has 0 aromatic heterocycles. The summed E-state index contributed by atoms with van der Waals surface area (Å²) in [7, 11) is -2.09. The maximum atomic E-state index is 13.1. The largest absolute Gasteiger partial charge is 0.490 e. The van der Waals surface area contributed by atoms with E-state index in [9.17, 15) is 8.42 Å². The topological polar surface area (TPSA) is 59.1 Å². The predicted octanol–water partition coefficient (Wildman–Crippen LogP) is 3.59. The first kappa shape index (κ1) is 18.7. The Bertz CT molecular complexity index is 868. The first-order chi connectivity index (χ1) is 12.2. The minimum absolute atomic E-state index is 0.149. The van der Waals surface area contributed by atoms with Crippen molar-refractivity contribution in [2.24, 2.45) is 0 Å². The molecule has 1 fully saturated rings. The van der Waals surface area contributed by atoms with Gasteiger partial charge in [0.05, 0.1) is 17.2 Å². The van der Waals surface area contributed by atoms with Gasteiger partial charge in [0.1, 0.15) is 18.5 Å². The van der Waals surface area contributed by atoms with Crippen molar-refractivity contribution < 1.29 is 17.9 Å². The van der Waals surface area contributed by atoms with Crippen LogP contribution < -0.4 is 9.04 Å². The lowest BCUT2D eigenvalue weighted by molar-refractivity contribution is 0.258. The summed E-state index contributed by atoms with van der Waals surface area (Å²) >= 11 is 0. The van der Waals surface area contributed by atoms with Gasteiger partial charge < -0.3 is 9.47 Å². The van der Waals surface area contributed by atoms with Crippen molar-refractivity contribution in [1.82, 2.24) is 0 Å². The Hall–Kier alpha value is -2.05. The number of benzene rings is 2. The summed E-state index contributed by atoms with van der Waals surface area (Å²) in [6.07, 6.45) is 0.149. The van der Waals surface area contributed by atoms with E-state index in [1.165, 1.54) is 4.31 Å². The van der Waals surface area contributed by atoms with Gasteiger partial charge in [-0.15, -0.1) is 0 Å². The van der Waals surface area contributed by atoms with Gasteiger partial charge in [0.15, 0.2) is 0 Å². The molecular formula is C20H25NO4S. The first-order valence-corrected chi connectivity index (χ1v) is 10.1. The van der Waals surface area contributed by atoms with Crippen molar-refractivity contribution in [2.75, 3.05) is 24.6 Å². The molecule has 1 unspecified atom stereocenters. The Morgan fingerprint density at radius 3 is 2.38 bits per heavy atom. The van der Waals surface area contributed by atoms with Crippen LogP contribution in [0.4, 0.5) is 5.69 Å². The molecule has 2 aromatic rings. The standard InChI is InChI=1S/C20H25NO4S/c1-20(2,3)18-12-17(10-11-19(18)25-14-16-13-24-16)26(22,23)21(4)15-8-6-5-7-9-15/h5-12,16H,13-14H2,1-4H3. The molecule has 0 aliphatic carbocycles. The second-order valence-electron chi connectivity index (χ2n) is 7.48. The smallest absolute Gasteiger partial charge is 0.264 e. The van der Waals surface area contributed by atoms with Crippen molar-refractivity contribution in [3.05, 3.63) is 54.1 Å². The number of epoxide rings is 1. The van der Waals surface area contributed by atoms with Crippen LogP contribution >= 0.6 is 0 Å². The molecule has 26 heavy (non-hydrogen) atoms. The molecule has 0 saturated carbocycles. The molecule has 1 aliphatic heterocycles. The van der Waals surface area contributed by atoms with Gasteiger partial charge in [0.2, 0.25) is 0 Å². The first-order valence-electron chi connectivity index (χ1n) is 8.62. The maximum Gasteiger partial charge on any atom is 0.264 e. The van der Waals surface area contributed by atoms with Crippen LogP contribution in [0.15, 0.2) is 53.4 Å². The zero-order valence-corrected chi connectivity index (χ0v) is 16.4. The van der Waals surface area contributed by atoms with Crippen LogP contribution in [-0.2, 0) is 20.2 Å². The highest BCUT2D eigenvalue weighted by Crippen LogP contribution is 2.35. The van der Waals surface area contributed by atoms with E-state index in [2.05, 4.69) is 0 Å². The average molecular weight is 375 g/mol. The highest BCUT2D eigenvalue weighted by atomic mass is 32.2. The number of hydrogen-bond acceptors (Lipinski definition) is 4. The van der Waals surface area contributed by atoms with E-state index >= 15 is 0 Å². The predicted molar refractivity (Wildman–Crippen MR) is 102 cm³/mol. The van der Waals surface area contributed by atoms with Crippen LogP contribution in [0.5, 0.6) is 5.75 Å². The monoisotopic (exact) mass is 375 g/mol. The third-order valence-electron chi connectivity index (χ3n) is 4.36. The van der Waals surface area contributed by atoms with Crippen LogP contribution in [0.3, 0.4) is 0 Å². The molecule has 1 heterocycles. The van der Waals surface area contributed by atoms with E-state index in [1.54, 1.807) is 37.4 Å². The number of para-hydroxylation sites is 1. The number of anilines is 1. The van der Waals surface area contributed by atoms with Crippen LogP contribution in [0.25, 0.3) is 0 Å². The van der Waals surface area contributed by atoms with E-state index in [-0.39, 0.29) is 16.4 Å². The normalized spacial score (nSPS) is 17.0. The number of rotatable bonds is 6. The van der Waals surface area contributed by atoms with E-state index in [0.29, 0.717) is 18.0 Å². The number of sulfonamides is 1. The van der Waals surface area contributed by atoms with Gasteiger partial charge in [-0.25, -0.2) is 8.42 Å². The lowest BCUT2D eigenvalue weighted by Crippen LogP contribution is -2.27. The molecule has 5 nitrogen and oxygen atoms in total. The quantitative estimate of drug-likeness (QED) is 0.724. The van der Waals surface area contributed by atoms with Crippen molar-refractivity contribution >= 4 is 15.7 Å². The lowest BCUT2D eigenvalue weighted by Gasteiger charge is -2.25. The van der Waals surface area contributed by atoms with Gasteiger partial charge in [0.25, 0.3) is 10.0 Å². The summed E-state index contributed by atoms with van der Waals surface area (Å²) in [4.78, 5) is 0.254. The minimum atomic E-state index is -3.66. The molecule has 0 N–H and O–H groups in total. The molecular weight excluding hydrogens is 350 g/mol. The molecule has 140 valence electrons. The minimum Gasteiger partial charge on any atom is -0.490 e. The van der Waals surface area contributed by atoms with Gasteiger partial charge in [-0.3, -0.25) is 4.31 Å². The van der Waals surface area contributed by atoms with E-state index in [4.69, 9.17) is 9.47 Å². The highest BCUT2D eigenvalue weighted by molar-refractivity contribution is 7.92. The fourth-order valence-electron chi connectivity index (χ4n) is 2.66. The SMILES string of the molecule is CN(c1ccccc1)S(=O)(=O)c1ccc(OCC2CO2)c(C(C)(C)C)c1. The summed E-state index contributed by atoms with van der Waals surface area (Å²) < 4.78 is 38.5. The number of ether oxygens (including phenoxy) is 2. The van der Waals surface area contributed by atoms with Gasteiger partial charge in [-0.1, -0.05) is 39.0 Å². The van der Waals surface area contributed by atoms with Crippen molar-refractivity contribution in [3.63, 3.8) is 0 Å². The van der Waals surface area contributed by atoms with Crippen LogP contribution in [0.1, 0.15) is 26.3 Å². The molecule has 1 atom stereocenters. The van der Waals surface area contributed by atoms with Gasteiger partial charge in [0, 0.05) is 12.6 Å². The van der Waals surface area contributed by atoms with E-state index in [0.717, 1.165) is 12.2 Å². The molecule has 0 radical (unpaired) electrons. The second kappa shape index (κ2) is 6.93. The Balaban J connectivity index is 1.96. The van der Waals surface area contributed by atoms with Crippen molar-refractivity contribution in [2.45, 2.75) is 37.2 Å². The molecule has 0 spiro atoms. The summed E-state index contributed by atoms with van der Waals surface area (Å²) in [5.41, 5.74) is 1.23. The van der Waals surface area contributed by atoms with Gasteiger partial charge in [-0.05, 0) is 35.7 Å². The summed E-state index contributed by atoms with van der Waals surface area (Å²) in [5, 5.41) is 0. The van der Waals surface area contributed by atoms with Crippen LogP contribution in [0, 0.1) is 0 Å². The molecule has 2 aromatic carbocycles. The molecule has 0 amide bonds. The number of hydrogen-bond donors (Lipinski definition) is 0. The Kier molecular flexibility index (Phi) is 4.99. The maximum absolute atomic E-state index is 13.1. The molecule has 3 rings (SSSR count). The van der Waals surface area contributed by atoms with Crippen LogP contribution in [-0.4, -0.2) is 34.8 Å². The van der Waals surface area contributed by atoms with Gasteiger partial charge >= 0.3 is 0 Å². The van der Waals surface area contributed by atoms with Crippen LogP contribution in [0.2, 0.25) is 0 Å². The third kappa shape index (κ3) is 4.02. The average Bonchev–Trinajstić information content (AvgIpc) is 3.43. The molecule has 1 saturated heterocycles. The Morgan fingerprint density at radius 2 is 1.81 bits per heavy atom. The summed E-state index contributed by atoms with van der Waals surface area (Å²) in [6, 6.07) is 14.1. The lowest BCUT2D eigenvalue weighted by atomic mass is 9.86. The van der Waals surface area contributed by atoms with E-state index < -0.39 is 10.0 Å². The van der Waals surface area contributed by atoms with E-state index in [1.807, 2.05) is 39.0 Å². The van der Waals surface area contributed by atoms with Crippen molar-refractivity contribution in [1.29, 1.82) is 0 Å². The summed E-state index contributed by atoms with van der Waals surface area (Å²) in [5.74, 6) is 0.703. The Morgan fingerprint density at radius 1 is 1.15 bits per heavy atom. The molecule has 1 aliphatic rings.